The van der Waals surface area contributed by atoms with E-state index in [2.05, 4.69) is 10.1 Å². The minimum Gasteiger partial charge on any atom is -0.467 e. The molecule has 7 nitrogen and oxygen atoms in total. The second kappa shape index (κ2) is 4.80. The van der Waals surface area contributed by atoms with Gasteiger partial charge < -0.3 is 9.84 Å². The quantitative estimate of drug-likeness (QED) is 0.452. The number of ether oxygens (including phenoxy) is 1. The number of aliphatic hydroxyl groups is 1. The van der Waals surface area contributed by atoms with Crippen LogP contribution in [0.5, 0.6) is 0 Å². The molecule has 1 rings (SSSR count). The molecular weight excluding hydrogens is 228 g/mol. The van der Waals surface area contributed by atoms with E-state index in [0.717, 1.165) is 7.11 Å². The molecule has 0 aromatic heterocycles. The zero-order valence-corrected chi connectivity index (χ0v) is 10.0. The standard InChI is InChI=1S/C10H16N2O5/c1-6-8(14)11-7(13)4-12(6)5-10(2,16)9(15)17-3/h6,16H,4-5H2,1-3H3,(H,11,13,14). The highest BCUT2D eigenvalue weighted by Gasteiger charge is 2.39. The van der Waals surface area contributed by atoms with Crippen molar-refractivity contribution in [3.63, 3.8) is 0 Å². The van der Waals surface area contributed by atoms with Gasteiger partial charge >= 0.3 is 5.97 Å². The van der Waals surface area contributed by atoms with Crippen LogP contribution in [-0.2, 0) is 19.1 Å². The molecule has 1 fully saturated rings. The first kappa shape index (κ1) is 13.6. The average Bonchev–Trinajstić information content (AvgIpc) is 2.23. The summed E-state index contributed by atoms with van der Waals surface area (Å²) in [5, 5.41) is 12.0. The highest BCUT2D eigenvalue weighted by molar-refractivity contribution is 6.00. The number of esters is 1. The summed E-state index contributed by atoms with van der Waals surface area (Å²) in [4.78, 5) is 35.3. The van der Waals surface area contributed by atoms with E-state index in [1.165, 1.54) is 11.8 Å². The Morgan fingerprint density at radius 2 is 2.24 bits per heavy atom. The number of imide groups is 1. The molecule has 1 aliphatic heterocycles. The molecule has 0 aromatic carbocycles. The number of amides is 2. The number of carbonyl (C=O) groups is 3. The highest BCUT2D eigenvalue weighted by Crippen LogP contribution is 2.13. The lowest BCUT2D eigenvalue weighted by molar-refractivity contribution is -0.164. The number of hydrogen-bond acceptors (Lipinski definition) is 6. The van der Waals surface area contributed by atoms with Crippen molar-refractivity contribution >= 4 is 17.8 Å². The lowest BCUT2D eigenvalue weighted by atomic mass is 10.0. The topological polar surface area (TPSA) is 95.9 Å². The van der Waals surface area contributed by atoms with Gasteiger partial charge in [-0.25, -0.2) is 4.79 Å². The summed E-state index contributed by atoms with van der Waals surface area (Å²) >= 11 is 0. The number of nitrogens with zero attached hydrogens (tertiary/aromatic N) is 1. The zero-order chi connectivity index (χ0) is 13.2. The number of piperazine rings is 1. The van der Waals surface area contributed by atoms with Gasteiger partial charge in [-0.1, -0.05) is 0 Å². The van der Waals surface area contributed by atoms with Gasteiger partial charge in [0.15, 0.2) is 5.60 Å². The second-order valence-corrected chi connectivity index (χ2v) is 4.26. The van der Waals surface area contributed by atoms with Crippen LogP contribution < -0.4 is 5.32 Å². The Morgan fingerprint density at radius 3 is 2.76 bits per heavy atom. The van der Waals surface area contributed by atoms with E-state index >= 15 is 0 Å². The fraction of sp³-hybridized carbons (Fsp3) is 0.700. The lowest BCUT2D eigenvalue weighted by Crippen LogP contribution is -2.61. The van der Waals surface area contributed by atoms with Crippen molar-refractivity contribution < 1.29 is 24.2 Å². The molecule has 96 valence electrons. The van der Waals surface area contributed by atoms with E-state index in [9.17, 15) is 19.5 Å². The molecule has 17 heavy (non-hydrogen) atoms. The maximum atomic E-state index is 11.4. The van der Waals surface area contributed by atoms with E-state index in [1.807, 2.05) is 0 Å². The van der Waals surface area contributed by atoms with Crippen molar-refractivity contribution in [1.29, 1.82) is 0 Å². The largest absolute Gasteiger partial charge is 0.467 e. The Balaban J connectivity index is 2.76. The summed E-state index contributed by atoms with van der Waals surface area (Å²) in [5.74, 6) is -1.70. The molecule has 0 saturated carbocycles. The highest BCUT2D eigenvalue weighted by atomic mass is 16.5. The molecule has 0 radical (unpaired) electrons. The lowest BCUT2D eigenvalue weighted by Gasteiger charge is -2.35. The predicted molar refractivity (Wildman–Crippen MR) is 56.8 cm³/mol. The minimum absolute atomic E-state index is 0.0416. The first-order valence-corrected chi connectivity index (χ1v) is 5.16. The Morgan fingerprint density at radius 1 is 1.65 bits per heavy atom. The van der Waals surface area contributed by atoms with E-state index in [4.69, 9.17) is 0 Å². The Labute approximate surface area is 98.7 Å². The van der Waals surface area contributed by atoms with Crippen molar-refractivity contribution in [2.75, 3.05) is 20.2 Å². The number of nitrogens with one attached hydrogen (secondary N) is 1. The summed E-state index contributed by atoms with van der Waals surface area (Å²) in [5.41, 5.74) is -1.75. The average molecular weight is 244 g/mol. The van der Waals surface area contributed by atoms with E-state index in [-0.39, 0.29) is 13.1 Å². The smallest absolute Gasteiger partial charge is 0.338 e. The molecular formula is C10H16N2O5. The zero-order valence-electron chi connectivity index (χ0n) is 10.0. The third-order valence-electron chi connectivity index (χ3n) is 2.67. The van der Waals surface area contributed by atoms with Gasteiger partial charge in [-0.05, 0) is 13.8 Å². The van der Waals surface area contributed by atoms with Crippen molar-refractivity contribution in [3.8, 4) is 0 Å². The van der Waals surface area contributed by atoms with Gasteiger partial charge in [-0.2, -0.15) is 0 Å². The van der Waals surface area contributed by atoms with Crippen molar-refractivity contribution in [2.45, 2.75) is 25.5 Å². The SMILES string of the molecule is COC(=O)C(C)(O)CN1CC(=O)NC(=O)C1C. The van der Waals surface area contributed by atoms with Crippen LogP contribution >= 0.6 is 0 Å². The first-order chi connectivity index (χ1) is 7.77. The maximum absolute atomic E-state index is 11.4. The Kier molecular flexibility index (Phi) is 3.84. The third kappa shape index (κ3) is 3.01. The molecule has 2 atom stereocenters. The van der Waals surface area contributed by atoms with Crippen LogP contribution in [0.4, 0.5) is 0 Å². The van der Waals surface area contributed by atoms with Crippen LogP contribution in [0.2, 0.25) is 0 Å². The summed E-state index contributed by atoms with van der Waals surface area (Å²) in [6.07, 6.45) is 0. The molecule has 2 N–H and O–H groups in total. The Hall–Kier alpha value is -1.47. The van der Waals surface area contributed by atoms with Gasteiger partial charge in [0.1, 0.15) is 0 Å². The molecule has 1 aliphatic rings. The van der Waals surface area contributed by atoms with Crippen LogP contribution in [0.15, 0.2) is 0 Å². The van der Waals surface area contributed by atoms with Crippen molar-refractivity contribution in [1.82, 2.24) is 10.2 Å². The fourth-order valence-electron chi connectivity index (χ4n) is 1.64. The molecule has 7 heteroatoms. The number of rotatable bonds is 3. The van der Waals surface area contributed by atoms with Crippen molar-refractivity contribution in [2.24, 2.45) is 0 Å². The predicted octanol–water partition coefficient (Wildman–Crippen LogP) is -1.74. The van der Waals surface area contributed by atoms with E-state index in [1.54, 1.807) is 6.92 Å². The van der Waals surface area contributed by atoms with Gasteiger partial charge in [0.25, 0.3) is 0 Å². The van der Waals surface area contributed by atoms with Gasteiger partial charge in [-0.15, -0.1) is 0 Å². The van der Waals surface area contributed by atoms with E-state index in [0.29, 0.717) is 0 Å². The number of β-amino-alcohol motifs (C(OH)–C–C–N with tert-alkyl or cyclic N) is 1. The molecule has 2 amide bonds. The molecule has 1 saturated heterocycles. The molecule has 0 aliphatic carbocycles. The summed E-state index contributed by atoms with van der Waals surface area (Å²) < 4.78 is 4.44. The van der Waals surface area contributed by atoms with Gasteiger partial charge in [0.2, 0.25) is 11.8 Å². The van der Waals surface area contributed by atoms with Gasteiger partial charge in [-0.3, -0.25) is 19.8 Å². The van der Waals surface area contributed by atoms with Crippen LogP contribution in [0.25, 0.3) is 0 Å². The normalized spacial score (nSPS) is 25.1. The van der Waals surface area contributed by atoms with Crippen molar-refractivity contribution in [3.05, 3.63) is 0 Å². The van der Waals surface area contributed by atoms with Crippen LogP contribution in [-0.4, -0.2) is 59.6 Å². The molecule has 2 unspecified atom stereocenters. The number of carbonyl (C=O) groups excluding carboxylic acids is 3. The Bertz CT molecular complexity index is 353. The third-order valence-corrected chi connectivity index (χ3v) is 2.67. The molecule has 0 bridgehead atoms. The second-order valence-electron chi connectivity index (χ2n) is 4.26. The van der Waals surface area contributed by atoms with Crippen LogP contribution in [0, 0.1) is 0 Å². The minimum atomic E-state index is -1.75. The molecule has 1 heterocycles. The maximum Gasteiger partial charge on any atom is 0.338 e. The molecule has 0 spiro atoms. The summed E-state index contributed by atoms with van der Waals surface area (Å²) in [6.45, 7) is 2.69. The summed E-state index contributed by atoms with van der Waals surface area (Å²) in [6, 6.07) is -0.580. The van der Waals surface area contributed by atoms with Crippen LogP contribution in [0.3, 0.4) is 0 Å². The fourth-order valence-corrected chi connectivity index (χ4v) is 1.64. The van der Waals surface area contributed by atoms with E-state index < -0.39 is 29.4 Å². The van der Waals surface area contributed by atoms with Crippen LogP contribution in [0.1, 0.15) is 13.8 Å². The number of methoxy groups -OCH3 is 1. The first-order valence-electron chi connectivity index (χ1n) is 5.16. The monoisotopic (exact) mass is 244 g/mol. The van der Waals surface area contributed by atoms with Gasteiger partial charge in [0, 0.05) is 6.54 Å². The van der Waals surface area contributed by atoms with Gasteiger partial charge in [0.05, 0.1) is 19.7 Å². The molecule has 0 aromatic rings. The number of hydrogen-bond donors (Lipinski definition) is 2. The summed E-state index contributed by atoms with van der Waals surface area (Å²) in [7, 11) is 1.16.